The van der Waals surface area contributed by atoms with Crippen molar-refractivity contribution in [2.75, 3.05) is 51.3 Å². The molecule has 7 nitrogen and oxygen atoms in total. The van der Waals surface area contributed by atoms with Crippen molar-refractivity contribution in [1.82, 2.24) is 20.0 Å². The molecule has 1 aromatic heterocycles. The van der Waals surface area contributed by atoms with Gasteiger partial charge in [0, 0.05) is 74.1 Å². The molecular weight excluding hydrogens is 450 g/mol. The summed E-state index contributed by atoms with van der Waals surface area (Å²) in [6.07, 6.45) is 0.440. The van der Waals surface area contributed by atoms with Gasteiger partial charge in [-0.2, -0.15) is 5.10 Å². The van der Waals surface area contributed by atoms with E-state index in [1.54, 1.807) is 7.11 Å². The Morgan fingerprint density at radius 1 is 1.06 bits per heavy atom. The van der Waals surface area contributed by atoms with Crippen LogP contribution in [0.25, 0.3) is 11.3 Å². The van der Waals surface area contributed by atoms with Gasteiger partial charge in [-0.25, -0.2) is 0 Å². The molecule has 0 saturated carbocycles. The van der Waals surface area contributed by atoms with Crippen molar-refractivity contribution in [2.24, 2.45) is 0 Å². The second kappa shape index (κ2) is 10.4. The van der Waals surface area contributed by atoms with Crippen LogP contribution in [0.1, 0.15) is 11.3 Å². The van der Waals surface area contributed by atoms with Gasteiger partial charge >= 0.3 is 0 Å². The van der Waals surface area contributed by atoms with Crippen LogP contribution in [0.3, 0.4) is 0 Å². The molecule has 1 fully saturated rings. The largest absolute Gasteiger partial charge is 0.495 e. The van der Waals surface area contributed by atoms with Crippen molar-refractivity contribution in [3.8, 4) is 17.0 Å². The lowest BCUT2D eigenvalue weighted by Crippen LogP contribution is -2.49. The highest BCUT2D eigenvalue weighted by molar-refractivity contribution is 6.30. The number of para-hydroxylation sites is 2. The lowest BCUT2D eigenvalue weighted by Gasteiger charge is -2.37. The topological polar surface area (TPSA) is 65.8 Å². The number of benzene rings is 2. The number of anilines is 1. The Labute approximate surface area is 205 Å². The molecule has 180 valence electrons. The van der Waals surface area contributed by atoms with Crippen LogP contribution in [0.4, 0.5) is 5.69 Å². The molecule has 1 saturated heterocycles. The van der Waals surface area contributed by atoms with Crippen LogP contribution in [-0.2, 0) is 19.5 Å². The molecule has 0 spiro atoms. The Morgan fingerprint density at radius 2 is 1.82 bits per heavy atom. The van der Waals surface area contributed by atoms with Crippen LogP contribution in [-0.4, -0.2) is 72.3 Å². The summed E-state index contributed by atoms with van der Waals surface area (Å²) in [6, 6.07) is 16.0. The molecule has 2 N–H and O–H groups in total. The first-order valence-corrected chi connectivity index (χ1v) is 12.3. The second-order valence-electron chi connectivity index (χ2n) is 9.00. The molecule has 2 aliphatic rings. The molecule has 1 unspecified atom stereocenters. The van der Waals surface area contributed by atoms with Gasteiger partial charge in [0.25, 0.3) is 0 Å². The Bertz CT molecular complexity index is 1110. The van der Waals surface area contributed by atoms with Crippen LogP contribution < -0.4 is 15.0 Å². The lowest BCUT2D eigenvalue weighted by atomic mass is 10.0. The molecule has 3 heterocycles. The zero-order valence-corrected chi connectivity index (χ0v) is 20.3. The minimum absolute atomic E-state index is 0.477. The number of aliphatic hydroxyl groups excluding tert-OH is 1. The maximum absolute atomic E-state index is 11.0. The summed E-state index contributed by atoms with van der Waals surface area (Å²) >= 11 is 6.08. The van der Waals surface area contributed by atoms with E-state index in [9.17, 15) is 5.11 Å². The Morgan fingerprint density at radius 3 is 2.59 bits per heavy atom. The average Bonchev–Trinajstić information content (AvgIpc) is 3.23. The smallest absolute Gasteiger partial charge is 0.142 e. The number of hydrogen-bond acceptors (Lipinski definition) is 6. The number of aliphatic hydroxyl groups is 1. The second-order valence-corrected chi connectivity index (χ2v) is 9.44. The summed E-state index contributed by atoms with van der Waals surface area (Å²) in [7, 11) is 1.72. The van der Waals surface area contributed by atoms with Crippen LogP contribution in [0, 0.1) is 0 Å². The molecule has 0 bridgehead atoms. The molecule has 0 radical (unpaired) electrons. The Hall–Kier alpha value is -2.58. The first kappa shape index (κ1) is 23.2. The van der Waals surface area contributed by atoms with Gasteiger partial charge in [-0.05, 0) is 24.3 Å². The highest BCUT2D eigenvalue weighted by Crippen LogP contribution is 2.30. The number of nitrogens with zero attached hydrogens (tertiary/aromatic N) is 4. The van der Waals surface area contributed by atoms with Crippen molar-refractivity contribution in [1.29, 1.82) is 0 Å². The summed E-state index contributed by atoms with van der Waals surface area (Å²) in [6.45, 7) is 6.52. The minimum Gasteiger partial charge on any atom is -0.495 e. The molecule has 0 amide bonds. The molecule has 1 atom stereocenters. The fraction of sp³-hybridized carbons (Fsp3) is 0.423. The molecule has 2 aromatic carbocycles. The fourth-order valence-electron chi connectivity index (χ4n) is 5.03. The summed E-state index contributed by atoms with van der Waals surface area (Å²) in [4.78, 5) is 4.70. The van der Waals surface area contributed by atoms with E-state index < -0.39 is 6.10 Å². The predicted octanol–water partition coefficient (Wildman–Crippen LogP) is 3.04. The van der Waals surface area contributed by atoms with E-state index in [2.05, 4.69) is 21.2 Å². The number of fused-ring (bicyclic) bond motifs is 1. The first-order chi connectivity index (χ1) is 16.6. The summed E-state index contributed by atoms with van der Waals surface area (Å²) in [5, 5.41) is 20.1. The standard InChI is InChI=1S/C26H32ClN5O2/c1-34-25-5-3-2-4-24(25)31-14-12-30(13-15-31)17-21(33)18-32-23-10-11-28-16-22(23)26(29-32)19-6-8-20(27)9-7-19/h2-9,21,28,33H,10-18H2,1H3. The van der Waals surface area contributed by atoms with Crippen LogP contribution in [0.5, 0.6) is 5.75 Å². The zero-order chi connectivity index (χ0) is 23.5. The van der Waals surface area contributed by atoms with E-state index in [0.717, 1.165) is 73.4 Å². The number of hydrogen-bond donors (Lipinski definition) is 2. The van der Waals surface area contributed by atoms with E-state index in [1.807, 2.05) is 47.1 Å². The Balaban J connectivity index is 1.23. The SMILES string of the molecule is COc1ccccc1N1CCN(CC(O)Cn2nc(-c3ccc(Cl)cc3)c3c2CCNC3)CC1. The maximum atomic E-state index is 11.0. The van der Waals surface area contributed by atoms with E-state index in [-0.39, 0.29) is 0 Å². The quantitative estimate of drug-likeness (QED) is 0.540. The van der Waals surface area contributed by atoms with Crippen molar-refractivity contribution in [2.45, 2.75) is 25.6 Å². The maximum Gasteiger partial charge on any atom is 0.142 e. The van der Waals surface area contributed by atoms with Crippen LogP contribution in [0.2, 0.25) is 5.02 Å². The summed E-state index contributed by atoms with van der Waals surface area (Å²) < 4.78 is 7.55. The van der Waals surface area contributed by atoms with Gasteiger partial charge < -0.3 is 20.1 Å². The molecular formula is C26H32ClN5O2. The third kappa shape index (κ3) is 4.93. The van der Waals surface area contributed by atoms with Crippen molar-refractivity contribution in [3.05, 3.63) is 64.8 Å². The van der Waals surface area contributed by atoms with Gasteiger partial charge in [0.05, 0.1) is 31.1 Å². The molecule has 2 aliphatic heterocycles. The van der Waals surface area contributed by atoms with Gasteiger partial charge in [0.15, 0.2) is 0 Å². The number of methoxy groups -OCH3 is 1. The van der Waals surface area contributed by atoms with Gasteiger partial charge in [-0.1, -0.05) is 35.9 Å². The van der Waals surface area contributed by atoms with E-state index in [1.165, 1.54) is 11.3 Å². The molecule has 5 rings (SSSR count). The van der Waals surface area contributed by atoms with Gasteiger partial charge in [0.1, 0.15) is 5.75 Å². The number of halogens is 1. The number of β-amino-alcohol motifs (C(OH)–C–C–N with tert-alkyl or cyclic N) is 1. The van der Waals surface area contributed by atoms with Crippen molar-refractivity contribution in [3.63, 3.8) is 0 Å². The average molecular weight is 482 g/mol. The van der Waals surface area contributed by atoms with E-state index >= 15 is 0 Å². The van der Waals surface area contributed by atoms with Crippen LogP contribution in [0.15, 0.2) is 48.5 Å². The summed E-state index contributed by atoms with van der Waals surface area (Å²) in [5.74, 6) is 0.908. The molecule has 3 aromatic rings. The van der Waals surface area contributed by atoms with Gasteiger partial charge in [-0.15, -0.1) is 0 Å². The highest BCUT2D eigenvalue weighted by atomic mass is 35.5. The number of rotatable bonds is 7. The van der Waals surface area contributed by atoms with Crippen molar-refractivity contribution < 1.29 is 9.84 Å². The van der Waals surface area contributed by atoms with Crippen molar-refractivity contribution >= 4 is 17.3 Å². The highest BCUT2D eigenvalue weighted by Gasteiger charge is 2.25. The van der Waals surface area contributed by atoms with Gasteiger partial charge in [0.2, 0.25) is 0 Å². The first-order valence-electron chi connectivity index (χ1n) is 12.0. The number of aromatic nitrogens is 2. The number of piperazine rings is 1. The van der Waals surface area contributed by atoms with E-state index in [4.69, 9.17) is 21.4 Å². The number of nitrogens with one attached hydrogen (secondary N) is 1. The normalized spacial score (nSPS) is 17.4. The molecule has 8 heteroatoms. The third-order valence-electron chi connectivity index (χ3n) is 6.78. The minimum atomic E-state index is -0.477. The Kier molecular flexibility index (Phi) is 7.06. The zero-order valence-electron chi connectivity index (χ0n) is 19.6. The van der Waals surface area contributed by atoms with Crippen LogP contribution >= 0.6 is 11.6 Å². The summed E-state index contributed by atoms with van der Waals surface area (Å²) in [5.41, 5.74) is 5.63. The molecule has 34 heavy (non-hydrogen) atoms. The number of ether oxygens (including phenoxy) is 1. The van der Waals surface area contributed by atoms with Gasteiger partial charge in [-0.3, -0.25) is 9.58 Å². The lowest BCUT2D eigenvalue weighted by molar-refractivity contribution is 0.0912. The fourth-order valence-corrected chi connectivity index (χ4v) is 5.15. The third-order valence-corrected chi connectivity index (χ3v) is 7.03. The molecule has 0 aliphatic carbocycles. The predicted molar refractivity (Wildman–Crippen MR) is 136 cm³/mol. The monoisotopic (exact) mass is 481 g/mol. The van der Waals surface area contributed by atoms with E-state index in [0.29, 0.717) is 13.1 Å².